The zero-order chi connectivity index (χ0) is 13.8. The summed E-state index contributed by atoms with van der Waals surface area (Å²) in [6.45, 7) is 2.77. The molecule has 2 aromatic rings. The molecule has 0 saturated heterocycles. The second-order valence-electron chi connectivity index (χ2n) is 4.00. The Balaban J connectivity index is 2.12. The van der Waals surface area contributed by atoms with Crippen LogP contribution in [0.1, 0.15) is 19.2 Å². The molecule has 102 valence electrons. The van der Waals surface area contributed by atoms with Crippen LogP contribution in [0, 0.1) is 17.5 Å². The third kappa shape index (κ3) is 3.04. The Bertz CT molecular complexity index is 545. The molecule has 1 aromatic carbocycles. The third-order valence-corrected chi connectivity index (χ3v) is 2.56. The van der Waals surface area contributed by atoms with Gasteiger partial charge < -0.3 is 5.32 Å². The monoisotopic (exact) mass is 270 g/mol. The number of hydrogen-bond acceptors (Lipinski definition) is 3. The molecule has 0 amide bonds. The maximum Gasteiger partial charge on any atom is 0.152 e. The van der Waals surface area contributed by atoms with Crippen LogP contribution < -0.4 is 5.32 Å². The van der Waals surface area contributed by atoms with Crippen molar-refractivity contribution in [2.75, 3.05) is 5.32 Å². The van der Waals surface area contributed by atoms with Gasteiger partial charge in [-0.1, -0.05) is 6.92 Å². The molecular formula is C12H13F3N4. The molecule has 4 nitrogen and oxygen atoms in total. The molecule has 1 N–H and O–H groups in total. The van der Waals surface area contributed by atoms with Crippen molar-refractivity contribution in [1.29, 1.82) is 0 Å². The molecule has 0 saturated carbocycles. The van der Waals surface area contributed by atoms with Crippen molar-refractivity contribution in [2.45, 2.75) is 26.4 Å². The molecule has 19 heavy (non-hydrogen) atoms. The Morgan fingerprint density at radius 1 is 1.21 bits per heavy atom. The normalized spacial score (nSPS) is 10.7. The van der Waals surface area contributed by atoms with Gasteiger partial charge in [0.25, 0.3) is 0 Å². The highest BCUT2D eigenvalue weighted by Gasteiger charge is 2.12. The fraction of sp³-hybridized carbons (Fsp3) is 0.333. The van der Waals surface area contributed by atoms with Crippen molar-refractivity contribution in [2.24, 2.45) is 0 Å². The van der Waals surface area contributed by atoms with Gasteiger partial charge in [-0.15, -0.1) is 0 Å². The van der Waals surface area contributed by atoms with Gasteiger partial charge in [-0.25, -0.2) is 22.8 Å². The number of halogens is 3. The fourth-order valence-corrected chi connectivity index (χ4v) is 1.70. The minimum Gasteiger partial charge on any atom is -0.373 e. The molecule has 1 heterocycles. The molecule has 0 fully saturated rings. The van der Waals surface area contributed by atoms with Gasteiger partial charge in [0.15, 0.2) is 11.6 Å². The second kappa shape index (κ2) is 5.73. The Labute approximate surface area is 108 Å². The van der Waals surface area contributed by atoms with Crippen LogP contribution in [0.2, 0.25) is 0 Å². The van der Waals surface area contributed by atoms with Crippen LogP contribution in [0.25, 0.3) is 0 Å². The third-order valence-electron chi connectivity index (χ3n) is 2.56. The number of anilines is 1. The van der Waals surface area contributed by atoms with Crippen molar-refractivity contribution in [3.63, 3.8) is 0 Å². The minimum absolute atomic E-state index is 0.111. The fourth-order valence-electron chi connectivity index (χ4n) is 1.70. The van der Waals surface area contributed by atoms with E-state index in [-0.39, 0.29) is 12.2 Å². The number of aryl methyl sites for hydroxylation is 1. The molecule has 0 aliphatic carbocycles. The molecule has 0 spiro atoms. The van der Waals surface area contributed by atoms with E-state index in [4.69, 9.17) is 0 Å². The average molecular weight is 270 g/mol. The van der Waals surface area contributed by atoms with Gasteiger partial charge in [-0.3, -0.25) is 0 Å². The lowest BCUT2D eigenvalue weighted by atomic mass is 10.2. The van der Waals surface area contributed by atoms with Gasteiger partial charge in [-0.05, 0) is 6.42 Å². The molecular weight excluding hydrogens is 257 g/mol. The zero-order valence-corrected chi connectivity index (χ0v) is 10.3. The van der Waals surface area contributed by atoms with E-state index in [2.05, 4.69) is 15.4 Å². The highest BCUT2D eigenvalue weighted by atomic mass is 19.1. The summed E-state index contributed by atoms with van der Waals surface area (Å²) in [5.41, 5.74) is -0.368. The second-order valence-corrected chi connectivity index (χ2v) is 4.00. The summed E-state index contributed by atoms with van der Waals surface area (Å²) in [5, 5.41) is 6.56. The van der Waals surface area contributed by atoms with Crippen LogP contribution in [0.4, 0.5) is 18.9 Å². The quantitative estimate of drug-likeness (QED) is 0.908. The molecule has 2 rings (SSSR count). The highest BCUT2D eigenvalue weighted by Crippen LogP contribution is 2.20. The molecule has 0 unspecified atom stereocenters. The number of nitrogens with one attached hydrogen (secondary N) is 1. The van der Waals surface area contributed by atoms with Crippen LogP contribution in [0.5, 0.6) is 0 Å². The first kappa shape index (κ1) is 13.4. The molecule has 0 radical (unpaired) electrons. The summed E-state index contributed by atoms with van der Waals surface area (Å²) in [7, 11) is 0. The standard InChI is InChI=1S/C12H13F3N4/c1-2-3-19-11(17-7-18-19)6-16-12-9(14)4-8(13)5-10(12)15/h4-5,7,16H,2-3,6H2,1H3. The molecule has 1 aromatic heterocycles. The van der Waals surface area contributed by atoms with Crippen LogP contribution in [0.15, 0.2) is 18.5 Å². The largest absolute Gasteiger partial charge is 0.373 e. The van der Waals surface area contributed by atoms with Gasteiger partial charge in [0.1, 0.15) is 23.7 Å². The lowest BCUT2D eigenvalue weighted by Crippen LogP contribution is -2.11. The van der Waals surface area contributed by atoms with E-state index < -0.39 is 17.5 Å². The number of rotatable bonds is 5. The number of aromatic nitrogens is 3. The SMILES string of the molecule is CCCn1ncnc1CNc1c(F)cc(F)cc1F. The molecule has 0 aliphatic heterocycles. The maximum atomic E-state index is 13.4. The summed E-state index contributed by atoms with van der Waals surface area (Å²) < 4.78 is 41.2. The number of benzene rings is 1. The van der Waals surface area contributed by atoms with Crippen molar-refractivity contribution < 1.29 is 13.2 Å². The van der Waals surface area contributed by atoms with Crippen molar-refractivity contribution >= 4 is 5.69 Å². The minimum atomic E-state index is -0.973. The van der Waals surface area contributed by atoms with Crippen LogP contribution in [0.3, 0.4) is 0 Å². The van der Waals surface area contributed by atoms with E-state index in [1.54, 1.807) is 4.68 Å². The Hall–Kier alpha value is -2.05. The molecule has 7 heteroatoms. The van der Waals surface area contributed by atoms with E-state index in [0.717, 1.165) is 6.42 Å². The smallest absolute Gasteiger partial charge is 0.152 e. The number of nitrogens with zero attached hydrogens (tertiary/aromatic N) is 3. The van der Waals surface area contributed by atoms with Crippen molar-refractivity contribution in [3.05, 3.63) is 41.7 Å². The summed E-state index contributed by atoms with van der Waals surface area (Å²) in [5.74, 6) is -2.34. The van der Waals surface area contributed by atoms with E-state index in [0.29, 0.717) is 24.5 Å². The Morgan fingerprint density at radius 2 is 1.89 bits per heavy atom. The maximum absolute atomic E-state index is 13.4. The highest BCUT2D eigenvalue weighted by molar-refractivity contribution is 5.46. The topological polar surface area (TPSA) is 42.7 Å². The predicted molar refractivity (Wildman–Crippen MR) is 64.0 cm³/mol. The van der Waals surface area contributed by atoms with Gasteiger partial charge in [0.2, 0.25) is 0 Å². The van der Waals surface area contributed by atoms with E-state index >= 15 is 0 Å². The molecule has 0 aliphatic rings. The molecule has 0 bridgehead atoms. The van der Waals surface area contributed by atoms with E-state index in [9.17, 15) is 13.2 Å². The zero-order valence-electron chi connectivity index (χ0n) is 10.3. The summed E-state index contributed by atoms with van der Waals surface area (Å²) >= 11 is 0. The van der Waals surface area contributed by atoms with Gasteiger partial charge in [0, 0.05) is 18.7 Å². The van der Waals surface area contributed by atoms with Crippen LogP contribution >= 0.6 is 0 Å². The Kier molecular flexibility index (Phi) is 4.03. The first-order chi connectivity index (χ1) is 9.11. The molecule has 0 atom stereocenters. The van der Waals surface area contributed by atoms with Gasteiger partial charge in [-0.2, -0.15) is 5.10 Å². The first-order valence-corrected chi connectivity index (χ1v) is 5.87. The van der Waals surface area contributed by atoms with Crippen LogP contribution in [-0.4, -0.2) is 14.8 Å². The van der Waals surface area contributed by atoms with Crippen molar-refractivity contribution in [3.8, 4) is 0 Å². The van der Waals surface area contributed by atoms with Gasteiger partial charge in [0.05, 0.1) is 6.54 Å². The van der Waals surface area contributed by atoms with Crippen molar-refractivity contribution in [1.82, 2.24) is 14.8 Å². The summed E-state index contributed by atoms with van der Waals surface area (Å²) in [6, 6.07) is 1.25. The first-order valence-electron chi connectivity index (χ1n) is 5.87. The lowest BCUT2D eigenvalue weighted by molar-refractivity contribution is 0.544. The van der Waals surface area contributed by atoms with E-state index in [1.807, 2.05) is 6.92 Å². The number of hydrogen-bond donors (Lipinski definition) is 1. The summed E-state index contributed by atoms with van der Waals surface area (Å²) in [6.07, 6.45) is 2.25. The van der Waals surface area contributed by atoms with Gasteiger partial charge >= 0.3 is 0 Å². The van der Waals surface area contributed by atoms with E-state index in [1.165, 1.54) is 6.33 Å². The average Bonchev–Trinajstić information content (AvgIpc) is 2.76. The summed E-state index contributed by atoms with van der Waals surface area (Å²) in [4.78, 5) is 4.00. The predicted octanol–water partition coefficient (Wildman–Crippen LogP) is 2.72. The van der Waals surface area contributed by atoms with Crippen LogP contribution in [-0.2, 0) is 13.1 Å². The lowest BCUT2D eigenvalue weighted by Gasteiger charge is -2.09. The Morgan fingerprint density at radius 3 is 2.53 bits per heavy atom.